The second kappa shape index (κ2) is 7.46. The van der Waals surface area contributed by atoms with E-state index < -0.39 is 0 Å². The third-order valence-electron chi connectivity index (χ3n) is 3.64. The highest BCUT2D eigenvalue weighted by Crippen LogP contribution is 2.27. The van der Waals surface area contributed by atoms with Crippen molar-refractivity contribution in [2.75, 3.05) is 19.8 Å². The Hall–Kier alpha value is -1.54. The van der Waals surface area contributed by atoms with Crippen LogP contribution in [0.4, 0.5) is 0 Å². The number of carbonyl (C=O) groups excluding carboxylic acids is 1. The van der Waals surface area contributed by atoms with Crippen molar-refractivity contribution < 1.29 is 15.0 Å². The van der Waals surface area contributed by atoms with Crippen LogP contribution in [0.1, 0.15) is 35.2 Å². The summed E-state index contributed by atoms with van der Waals surface area (Å²) in [6.45, 7) is 0.0617. The number of halogens is 1. The fourth-order valence-electron chi connectivity index (χ4n) is 2.31. The molecular weight excluding hydrogens is 290 g/mol. The smallest absolute Gasteiger partial charge is 0.254 e. The van der Waals surface area contributed by atoms with Gasteiger partial charge in [0.2, 0.25) is 0 Å². The Labute approximate surface area is 129 Å². The van der Waals surface area contributed by atoms with Crippen LogP contribution in [0.25, 0.3) is 0 Å². The van der Waals surface area contributed by atoms with Crippen LogP contribution in [0.5, 0.6) is 0 Å². The van der Waals surface area contributed by atoms with Gasteiger partial charge in [0.25, 0.3) is 5.91 Å². The minimum absolute atomic E-state index is 0.0456. The second-order valence-corrected chi connectivity index (χ2v) is 5.37. The van der Waals surface area contributed by atoms with Gasteiger partial charge >= 0.3 is 0 Å². The van der Waals surface area contributed by atoms with E-state index in [4.69, 9.17) is 21.8 Å². The largest absolute Gasteiger partial charge is 0.395 e. The van der Waals surface area contributed by atoms with Gasteiger partial charge in [-0.2, -0.15) is 0 Å². The standard InChI is InChI=1S/C16H18ClNO3/c17-15-11-13(7-6-12(15)3-2-9-19)16(21)18(8-10-20)14-4-1-5-14/h6-7,11,14,19-20H,1,4-5,8-10H2. The van der Waals surface area contributed by atoms with Crippen molar-refractivity contribution in [1.82, 2.24) is 4.90 Å². The summed E-state index contributed by atoms with van der Waals surface area (Å²) in [6, 6.07) is 5.17. The van der Waals surface area contributed by atoms with Crippen molar-refractivity contribution in [3.8, 4) is 11.8 Å². The van der Waals surface area contributed by atoms with E-state index in [1.807, 2.05) is 0 Å². The van der Waals surface area contributed by atoms with Gasteiger partial charge in [0.05, 0.1) is 11.6 Å². The van der Waals surface area contributed by atoms with E-state index in [-0.39, 0.29) is 25.2 Å². The van der Waals surface area contributed by atoms with Gasteiger partial charge in [-0.25, -0.2) is 0 Å². The van der Waals surface area contributed by atoms with Crippen LogP contribution < -0.4 is 0 Å². The molecule has 2 rings (SSSR count). The van der Waals surface area contributed by atoms with Gasteiger partial charge in [-0.3, -0.25) is 4.79 Å². The quantitative estimate of drug-likeness (QED) is 0.832. The van der Waals surface area contributed by atoms with Crippen molar-refractivity contribution >= 4 is 17.5 Å². The lowest BCUT2D eigenvalue weighted by atomic mass is 9.91. The maximum absolute atomic E-state index is 12.5. The van der Waals surface area contributed by atoms with Crippen LogP contribution in [0.2, 0.25) is 5.02 Å². The maximum atomic E-state index is 12.5. The van der Waals surface area contributed by atoms with E-state index in [0.717, 1.165) is 19.3 Å². The third-order valence-corrected chi connectivity index (χ3v) is 3.95. The summed E-state index contributed by atoms with van der Waals surface area (Å²) >= 11 is 6.11. The predicted molar refractivity (Wildman–Crippen MR) is 81.2 cm³/mol. The molecule has 0 aliphatic heterocycles. The van der Waals surface area contributed by atoms with Crippen LogP contribution in [0.15, 0.2) is 18.2 Å². The lowest BCUT2D eigenvalue weighted by Gasteiger charge is -2.37. The van der Waals surface area contributed by atoms with Crippen molar-refractivity contribution in [1.29, 1.82) is 0 Å². The van der Waals surface area contributed by atoms with E-state index >= 15 is 0 Å². The Balaban J connectivity index is 2.19. The molecule has 0 spiro atoms. The van der Waals surface area contributed by atoms with Gasteiger partial charge < -0.3 is 15.1 Å². The second-order valence-electron chi connectivity index (χ2n) is 4.96. The highest BCUT2D eigenvalue weighted by Gasteiger charge is 2.29. The van der Waals surface area contributed by atoms with E-state index in [0.29, 0.717) is 22.7 Å². The topological polar surface area (TPSA) is 60.8 Å². The van der Waals surface area contributed by atoms with Gasteiger partial charge in [-0.05, 0) is 37.5 Å². The molecule has 1 aliphatic carbocycles. The Kier molecular flexibility index (Phi) is 5.63. The first-order chi connectivity index (χ1) is 10.2. The highest BCUT2D eigenvalue weighted by atomic mass is 35.5. The van der Waals surface area contributed by atoms with Crippen molar-refractivity contribution in [2.45, 2.75) is 25.3 Å². The molecule has 5 heteroatoms. The number of aliphatic hydroxyl groups is 2. The number of hydrogen-bond donors (Lipinski definition) is 2. The monoisotopic (exact) mass is 307 g/mol. The summed E-state index contributed by atoms with van der Waals surface area (Å²) in [5, 5.41) is 18.2. The van der Waals surface area contributed by atoms with Crippen LogP contribution >= 0.6 is 11.6 Å². The molecule has 1 aromatic carbocycles. The lowest BCUT2D eigenvalue weighted by Crippen LogP contribution is -2.45. The molecule has 21 heavy (non-hydrogen) atoms. The number of aliphatic hydroxyl groups excluding tert-OH is 2. The summed E-state index contributed by atoms with van der Waals surface area (Å²) in [5.74, 6) is 5.14. The molecule has 0 bridgehead atoms. The zero-order valence-electron chi connectivity index (χ0n) is 11.7. The normalized spacial score (nSPS) is 14.0. The number of hydrogen-bond acceptors (Lipinski definition) is 3. The fraction of sp³-hybridized carbons (Fsp3) is 0.438. The van der Waals surface area contributed by atoms with E-state index in [1.165, 1.54) is 0 Å². The Morgan fingerprint density at radius 3 is 2.67 bits per heavy atom. The maximum Gasteiger partial charge on any atom is 0.254 e. The lowest BCUT2D eigenvalue weighted by molar-refractivity contribution is 0.0526. The molecule has 0 saturated heterocycles. The molecule has 4 nitrogen and oxygen atoms in total. The Morgan fingerprint density at radius 1 is 1.38 bits per heavy atom. The minimum atomic E-state index is -0.233. The molecule has 0 aromatic heterocycles. The molecule has 1 aromatic rings. The predicted octanol–water partition coefficient (Wildman–Crippen LogP) is 1.67. The summed E-state index contributed by atoms with van der Waals surface area (Å²) in [7, 11) is 0. The first-order valence-electron chi connectivity index (χ1n) is 6.98. The summed E-state index contributed by atoms with van der Waals surface area (Å²) in [5.41, 5.74) is 1.08. The van der Waals surface area contributed by atoms with E-state index in [2.05, 4.69) is 11.8 Å². The SMILES string of the molecule is O=C(c1ccc(C#CCO)c(Cl)c1)N(CCO)C1CCC1. The molecule has 0 unspecified atom stereocenters. The minimum Gasteiger partial charge on any atom is -0.395 e. The van der Waals surface area contributed by atoms with Crippen molar-refractivity contribution in [2.24, 2.45) is 0 Å². The molecule has 0 atom stereocenters. The molecule has 2 N–H and O–H groups in total. The van der Waals surface area contributed by atoms with Gasteiger partial charge in [0.1, 0.15) is 6.61 Å². The molecule has 1 saturated carbocycles. The van der Waals surface area contributed by atoms with Crippen molar-refractivity contribution in [3.05, 3.63) is 34.3 Å². The summed E-state index contributed by atoms with van der Waals surface area (Å²) in [4.78, 5) is 14.2. The number of nitrogens with zero attached hydrogens (tertiary/aromatic N) is 1. The molecule has 0 heterocycles. The van der Waals surface area contributed by atoms with Crippen LogP contribution in [-0.2, 0) is 0 Å². The summed E-state index contributed by atoms with van der Waals surface area (Å²) < 4.78 is 0. The fourth-order valence-corrected chi connectivity index (χ4v) is 2.53. The van der Waals surface area contributed by atoms with Crippen molar-refractivity contribution in [3.63, 3.8) is 0 Å². The molecule has 1 amide bonds. The molecule has 1 fully saturated rings. The van der Waals surface area contributed by atoms with Gasteiger partial charge in [-0.15, -0.1) is 0 Å². The average molecular weight is 308 g/mol. The van der Waals surface area contributed by atoms with Crippen LogP contribution in [0, 0.1) is 11.8 Å². The van der Waals surface area contributed by atoms with E-state index in [1.54, 1.807) is 23.1 Å². The Morgan fingerprint density at radius 2 is 2.14 bits per heavy atom. The van der Waals surface area contributed by atoms with Gasteiger partial charge in [-0.1, -0.05) is 23.4 Å². The zero-order chi connectivity index (χ0) is 15.2. The zero-order valence-corrected chi connectivity index (χ0v) is 12.4. The number of rotatable bonds is 4. The molecule has 112 valence electrons. The van der Waals surface area contributed by atoms with Gasteiger partial charge in [0, 0.05) is 23.7 Å². The van der Waals surface area contributed by atoms with Gasteiger partial charge in [0.15, 0.2) is 0 Å². The molecular formula is C16H18ClNO3. The number of amides is 1. The van der Waals surface area contributed by atoms with Crippen LogP contribution in [0.3, 0.4) is 0 Å². The molecule has 0 radical (unpaired) electrons. The number of benzene rings is 1. The van der Waals surface area contributed by atoms with E-state index in [9.17, 15) is 4.79 Å². The summed E-state index contributed by atoms with van der Waals surface area (Å²) in [6.07, 6.45) is 3.09. The number of carbonyl (C=O) groups is 1. The van der Waals surface area contributed by atoms with Crippen LogP contribution in [-0.4, -0.2) is 46.8 Å². The first kappa shape index (κ1) is 15.8. The highest BCUT2D eigenvalue weighted by molar-refractivity contribution is 6.32. The third kappa shape index (κ3) is 3.76. The Bertz CT molecular complexity index is 573. The molecule has 1 aliphatic rings. The average Bonchev–Trinajstić information content (AvgIpc) is 2.43. The first-order valence-corrected chi connectivity index (χ1v) is 7.36.